The molecule has 5 nitrogen and oxygen atoms in total. The molecule has 108 valence electrons. The molecule has 0 aromatic rings. The lowest BCUT2D eigenvalue weighted by Crippen LogP contribution is -2.44. The first-order chi connectivity index (χ1) is 9.20. The highest BCUT2D eigenvalue weighted by Gasteiger charge is 2.26. The molecule has 1 saturated heterocycles. The molecular weight excluding hydrogens is 244 g/mol. The average Bonchev–Trinajstić information content (AvgIpc) is 2.82. The fourth-order valence-electron chi connectivity index (χ4n) is 3.07. The largest absolute Gasteiger partial charge is 0.396 e. The third-order valence-electron chi connectivity index (χ3n) is 4.27. The predicted molar refractivity (Wildman–Crippen MR) is 71.4 cm³/mol. The van der Waals surface area contributed by atoms with Crippen LogP contribution in [0.5, 0.6) is 0 Å². The van der Waals surface area contributed by atoms with E-state index in [4.69, 9.17) is 0 Å². The first kappa shape index (κ1) is 14.3. The zero-order chi connectivity index (χ0) is 13.7. The van der Waals surface area contributed by atoms with Crippen molar-refractivity contribution in [3.63, 3.8) is 0 Å². The summed E-state index contributed by atoms with van der Waals surface area (Å²) in [6, 6.07) is 0.112. The van der Waals surface area contributed by atoms with E-state index in [2.05, 4.69) is 5.32 Å². The second-order valence-corrected chi connectivity index (χ2v) is 5.64. The van der Waals surface area contributed by atoms with Gasteiger partial charge in [-0.1, -0.05) is 12.8 Å². The Labute approximate surface area is 114 Å². The quantitative estimate of drug-likeness (QED) is 0.770. The summed E-state index contributed by atoms with van der Waals surface area (Å²) in [5.41, 5.74) is 0. The molecule has 2 fully saturated rings. The fourth-order valence-corrected chi connectivity index (χ4v) is 3.07. The van der Waals surface area contributed by atoms with Gasteiger partial charge in [0, 0.05) is 44.5 Å². The monoisotopic (exact) mass is 268 g/mol. The first-order valence-corrected chi connectivity index (χ1v) is 7.38. The molecule has 5 heteroatoms. The molecule has 2 rings (SSSR count). The minimum absolute atomic E-state index is 0.00468. The fraction of sp³-hybridized carbons (Fsp3) is 0.857. The molecule has 0 spiro atoms. The summed E-state index contributed by atoms with van der Waals surface area (Å²) in [5, 5.41) is 12.3. The Morgan fingerprint density at radius 1 is 1.32 bits per heavy atom. The second-order valence-electron chi connectivity index (χ2n) is 5.64. The maximum Gasteiger partial charge on any atom is 0.222 e. The van der Waals surface area contributed by atoms with E-state index >= 15 is 0 Å². The number of hydrogen-bond acceptors (Lipinski definition) is 3. The highest BCUT2D eigenvalue weighted by Crippen LogP contribution is 2.24. The number of aliphatic hydroxyl groups is 1. The Kier molecular flexibility index (Phi) is 5.19. The molecular formula is C14H24N2O3. The lowest BCUT2D eigenvalue weighted by Gasteiger charge is -2.31. The van der Waals surface area contributed by atoms with Crippen LogP contribution in [0, 0.1) is 5.92 Å². The molecule has 0 radical (unpaired) electrons. The van der Waals surface area contributed by atoms with E-state index in [1.54, 1.807) is 4.90 Å². The third kappa shape index (κ3) is 3.93. The van der Waals surface area contributed by atoms with Gasteiger partial charge in [0.05, 0.1) is 0 Å². The highest BCUT2D eigenvalue weighted by atomic mass is 16.3. The lowest BCUT2D eigenvalue weighted by atomic mass is 9.85. The van der Waals surface area contributed by atoms with Gasteiger partial charge in [-0.25, -0.2) is 0 Å². The number of aliphatic hydroxyl groups excluding tert-OH is 1. The molecule has 2 unspecified atom stereocenters. The molecule has 0 aromatic carbocycles. The molecule has 19 heavy (non-hydrogen) atoms. The van der Waals surface area contributed by atoms with E-state index in [1.165, 1.54) is 0 Å². The van der Waals surface area contributed by atoms with Crippen LogP contribution in [-0.2, 0) is 9.59 Å². The number of amides is 2. The molecule has 2 amide bonds. The Hall–Kier alpha value is -1.10. The molecule has 2 N–H and O–H groups in total. The zero-order valence-electron chi connectivity index (χ0n) is 11.4. The smallest absolute Gasteiger partial charge is 0.222 e. The molecule has 0 aromatic heterocycles. The van der Waals surface area contributed by atoms with E-state index in [-0.39, 0.29) is 30.4 Å². The summed E-state index contributed by atoms with van der Waals surface area (Å²) in [5.74, 6) is 0.370. The summed E-state index contributed by atoms with van der Waals surface area (Å²) in [4.78, 5) is 25.1. The first-order valence-electron chi connectivity index (χ1n) is 7.38. The van der Waals surface area contributed by atoms with Crippen LogP contribution >= 0.6 is 0 Å². The number of nitrogens with zero attached hydrogens (tertiary/aromatic N) is 1. The topological polar surface area (TPSA) is 69.6 Å². The van der Waals surface area contributed by atoms with E-state index < -0.39 is 0 Å². The van der Waals surface area contributed by atoms with Gasteiger partial charge in [0.1, 0.15) is 0 Å². The SMILES string of the molecule is O=C(CCN1CCCC1=O)NC1CCCCC1CO. The van der Waals surface area contributed by atoms with Crippen molar-refractivity contribution in [3.05, 3.63) is 0 Å². The van der Waals surface area contributed by atoms with Crippen molar-refractivity contribution in [1.82, 2.24) is 10.2 Å². The van der Waals surface area contributed by atoms with Gasteiger partial charge in [-0.15, -0.1) is 0 Å². The van der Waals surface area contributed by atoms with Gasteiger partial charge >= 0.3 is 0 Å². The van der Waals surface area contributed by atoms with Crippen LogP contribution in [0.1, 0.15) is 44.9 Å². The van der Waals surface area contributed by atoms with E-state index in [1.807, 2.05) is 0 Å². The second kappa shape index (κ2) is 6.89. The summed E-state index contributed by atoms with van der Waals surface area (Å²) >= 11 is 0. The molecule has 1 saturated carbocycles. The number of rotatable bonds is 5. The van der Waals surface area contributed by atoms with Crippen LogP contribution in [-0.4, -0.2) is 47.6 Å². The molecule has 1 aliphatic carbocycles. The predicted octanol–water partition coefficient (Wildman–Crippen LogP) is 0.666. The van der Waals surface area contributed by atoms with E-state index in [0.29, 0.717) is 19.4 Å². The maximum absolute atomic E-state index is 11.9. The van der Waals surface area contributed by atoms with Crippen molar-refractivity contribution >= 4 is 11.8 Å². The normalized spacial score (nSPS) is 27.6. The number of nitrogens with one attached hydrogen (secondary N) is 1. The standard InChI is InChI=1S/C14H24N2O3/c17-10-11-4-1-2-5-12(11)15-13(18)7-9-16-8-3-6-14(16)19/h11-12,17H,1-10H2,(H,15,18). The zero-order valence-corrected chi connectivity index (χ0v) is 11.4. The van der Waals surface area contributed by atoms with Crippen LogP contribution in [0.3, 0.4) is 0 Å². The number of likely N-dealkylation sites (tertiary alicyclic amines) is 1. The highest BCUT2D eigenvalue weighted by molar-refractivity contribution is 5.80. The molecule has 1 aliphatic heterocycles. The van der Waals surface area contributed by atoms with Crippen molar-refractivity contribution in [2.24, 2.45) is 5.92 Å². The van der Waals surface area contributed by atoms with Crippen molar-refractivity contribution in [2.45, 2.75) is 51.0 Å². The summed E-state index contributed by atoms with van der Waals surface area (Å²) in [6.45, 7) is 1.46. The Bertz CT molecular complexity index is 333. The average molecular weight is 268 g/mol. The van der Waals surface area contributed by atoms with Crippen molar-refractivity contribution in [2.75, 3.05) is 19.7 Å². The Morgan fingerprint density at radius 3 is 2.79 bits per heavy atom. The van der Waals surface area contributed by atoms with Crippen LogP contribution in [0.2, 0.25) is 0 Å². The van der Waals surface area contributed by atoms with Crippen LogP contribution in [0.25, 0.3) is 0 Å². The minimum atomic E-state index is 0.00468. The minimum Gasteiger partial charge on any atom is -0.396 e. The summed E-state index contributed by atoms with van der Waals surface area (Å²) in [7, 11) is 0. The van der Waals surface area contributed by atoms with Crippen LogP contribution in [0.15, 0.2) is 0 Å². The maximum atomic E-state index is 11.9. The van der Waals surface area contributed by atoms with E-state index in [9.17, 15) is 14.7 Å². The van der Waals surface area contributed by atoms with Gasteiger partial charge in [0.25, 0.3) is 0 Å². The van der Waals surface area contributed by atoms with E-state index in [0.717, 1.165) is 38.6 Å². The number of hydrogen-bond donors (Lipinski definition) is 2. The Balaban J connectivity index is 1.72. The van der Waals surface area contributed by atoms with Crippen molar-refractivity contribution in [3.8, 4) is 0 Å². The molecule has 1 heterocycles. The van der Waals surface area contributed by atoms with Gasteiger partial charge in [-0.2, -0.15) is 0 Å². The van der Waals surface area contributed by atoms with Crippen LogP contribution in [0.4, 0.5) is 0 Å². The van der Waals surface area contributed by atoms with Gasteiger partial charge in [0.2, 0.25) is 11.8 Å². The van der Waals surface area contributed by atoms with Gasteiger partial charge in [0.15, 0.2) is 0 Å². The number of carbonyl (C=O) groups excluding carboxylic acids is 2. The van der Waals surface area contributed by atoms with Gasteiger partial charge in [-0.05, 0) is 19.3 Å². The summed E-state index contributed by atoms with van der Waals surface area (Å²) < 4.78 is 0. The molecule has 2 atom stereocenters. The third-order valence-corrected chi connectivity index (χ3v) is 4.27. The number of carbonyl (C=O) groups is 2. The van der Waals surface area contributed by atoms with Crippen LogP contribution < -0.4 is 5.32 Å². The van der Waals surface area contributed by atoms with Gasteiger partial charge in [-0.3, -0.25) is 9.59 Å². The Morgan fingerprint density at radius 2 is 2.11 bits per heavy atom. The molecule has 2 aliphatic rings. The van der Waals surface area contributed by atoms with Crippen molar-refractivity contribution < 1.29 is 14.7 Å². The molecule has 0 bridgehead atoms. The van der Waals surface area contributed by atoms with Crippen molar-refractivity contribution in [1.29, 1.82) is 0 Å². The summed E-state index contributed by atoms with van der Waals surface area (Å²) in [6.07, 6.45) is 6.12. The lowest BCUT2D eigenvalue weighted by molar-refractivity contribution is -0.128. The van der Waals surface area contributed by atoms with Gasteiger partial charge < -0.3 is 15.3 Å².